The smallest absolute Gasteiger partial charge is 0.317 e. The molecule has 0 spiro atoms. The van der Waals surface area contributed by atoms with E-state index in [4.69, 9.17) is 5.11 Å². The van der Waals surface area contributed by atoms with Crippen molar-refractivity contribution in [1.82, 2.24) is 15.1 Å². The first-order valence-electron chi connectivity index (χ1n) is 9.10. The zero-order chi connectivity index (χ0) is 17.4. The van der Waals surface area contributed by atoms with E-state index in [0.717, 1.165) is 51.1 Å². The van der Waals surface area contributed by atoms with Crippen molar-refractivity contribution >= 4 is 6.03 Å². The number of likely N-dealkylation sites (tertiary alicyclic amines) is 1. The first kappa shape index (κ1) is 18.7. The molecule has 1 heterocycles. The molecule has 0 atom stereocenters. The van der Waals surface area contributed by atoms with Crippen LogP contribution in [0.25, 0.3) is 0 Å². The molecule has 0 radical (unpaired) electrons. The van der Waals surface area contributed by atoms with E-state index in [1.54, 1.807) is 0 Å². The van der Waals surface area contributed by atoms with E-state index >= 15 is 0 Å². The molecule has 0 aliphatic carbocycles. The topological polar surface area (TPSA) is 55.8 Å². The molecule has 1 aliphatic heterocycles. The highest BCUT2D eigenvalue weighted by Gasteiger charge is 2.21. The fourth-order valence-corrected chi connectivity index (χ4v) is 3.15. The summed E-state index contributed by atoms with van der Waals surface area (Å²) in [5.74, 6) is 0.353. The summed E-state index contributed by atoms with van der Waals surface area (Å²) in [5, 5.41) is 12.2. The number of aliphatic hydroxyl groups excluding tert-OH is 1. The number of benzene rings is 1. The lowest BCUT2D eigenvalue weighted by Crippen LogP contribution is -2.44. The first-order valence-corrected chi connectivity index (χ1v) is 9.10. The number of urea groups is 1. The Bertz CT molecular complexity index is 509. The standard InChI is InChI=1S/C19H31N3O2/c1-3-21(4-2)14-18-7-5-6-17(12-18)13-20-19(24)22-10-8-16(15-23)9-11-22/h5-7,12,16,23H,3-4,8-11,13-15H2,1-2H3,(H,20,24). The van der Waals surface area contributed by atoms with Gasteiger partial charge in [0.25, 0.3) is 0 Å². The Morgan fingerprint density at radius 3 is 2.54 bits per heavy atom. The minimum atomic E-state index is 0.000496. The number of amides is 2. The van der Waals surface area contributed by atoms with Crippen molar-refractivity contribution in [2.45, 2.75) is 39.8 Å². The highest BCUT2D eigenvalue weighted by molar-refractivity contribution is 5.74. The summed E-state index contributed by atoms with van der Waals surface area (Å²) in [6.45, 7) is 9.64. The third-order valence-corrected chi connectivity index (χ3v) is 4.90. The third kappa shape index (κ3) is 5.49. The summed E-state index contributed by atoms with van der Waals surface area (Å²) in [5.41, 5.74) is 2.42. The van der Waals surface area contributed by atoms with Crippen LogP contribution in [-0.4, -0.2) is 53.7 Å². The van der Waals surface area contributed by atoms with Crippen molar-refractivity contribution in [3.8, 4) is 0 Å². The van der Waals surface area contributed by atoms with Crippen molar-refractivity contribution in [2.75, 3.05) is 32.8 Å². The third-order valence-electron chi connectivity index (χ3n) is 4.90. The van der Waals surface area contributed by atoms with Gasteiger partial charge in [-0.2, -0.15) is 0 Å². The average molecular weight is 333 g/mol. The molecule has 0 bridgehead atoms. The molecular formula is C19H31N3O2. The molecule has 0 unspecified atom stereocenters. The number of rotatable bonds is 7. The first-order chi connectivity index (χ1) is 11.7. The van der Waals surface area contributed by atoms with Gasteiger partial charge in [-0.1, -0.05) is 38.1 Å². The van der Waals surface area contributed by atoms with Gasteiger partial charge in [0.05, 0.1) is 0 Å². The number of aliphatic hydroxyl groups is 1. The van der Waals surface area contributed by atoms with Crippen molar-refractivity contribution in [1.29, 1.82) is 0 Å². The van der Waals surface area contributed by atoms with Gasteiger partial charge < -0.3 is 15.3 Å². The van der Waals surface area contributed by atoms with Crippen LogP contribution in [0, 0.1) is 5.92 Å². The molecule has 1 saturated heterocycles. The van der Waals surface area contributed by atoms with Gasteiger partial charge in [-0.05, 0) is 43.0 Å². The van der Waals surface area contributed by atoms with Crippen LogP contribution in [0.5, 0.6) is 0 Å². The Morgan fingerprint density at radius 1 is 1.25 bits per heavy atom. The Balaban J connectivity index is 1.82. The maximum absolute atomic E-state index is 12.3. The second kappa shape index (κ2) is 9.64. The lowest BCUT2D eigenvalue weighted by molar-refractivity contribution is 0.137. The summed E-state index contributed by atoms with van der Waals surface area (Å²) >= 11 is 0. The molecule has 1 aliphatic rings. The average Bonchev–Trinajstić information content (AvgIpc) is 2.64. The van der Waals surface area contributed by atoms with E-state index in [0.29, 0.717) is 12.5 Å². The van der Waals surface area contributed by atoms with Gasteiger partial charge in [0, 0.05) is 32.8 Å². The van der Waals surface area contributed by atoms with E-state index in [-0.39, 0.29) is 12.6 Å². The minimum Gasteiger partial charge on any atom is -0.396 e. The Hall–Kier alpha value is -1.59. The van der Waals surface area contributed by atoms with Gasteiger partial charge in [0.2, 0.25) is 0 Å². The van der Waals surface area contributed by atoms with Crippen LogP contribution in [0.3, 0.4) is 0 Å². The molecule has 2 amide bonds. The number of hydrogen-bond acceptors (Lipinski definition) is 3. The molecule has 1 aromatic carbocycles. The van der Waals surface area contributed by atoms with Crippen LogP contribution in [0.1, 0.15) is 37.8 Å². The number of hydrogen-bond donors (Lipinski definition) is 2. The molecule has 24 heavy (non-hydrogen) atoms. The fourth-order valence-electron chi connectivity index (χ4n) is 3.15. The molecule has 2 N–H and O–H groups in total. The molecule has 1 aromatic rings. The molecule has 0 saturated carbocycles. The lowest BCUT2D eigenvalue weighted by atomic mass is 9.98. The van der Waals surface area contributed by atoms with E-state index in [9.17, 15) is 4.79 Å². The van der Waals surface area contributed by atoms with Gasteiger partial charge in [0.1, 0.15) is 0 Å². The number of carbonyl (C=O) groups excluding carboxylic acids is 1. The predicted molar refractivity (Wildman–Crippen MR) is 96.7 cm³/mol. The molecule has 5 nitrogen and oxygen atoms in total. The van der Waals surface area contributed by atoms with Crippen LogP contribution in [0.15, 0.2) is 24.3 Å². The molecule has 2 rings (SSSR count). The second-order valence-electron chi connectivity index (χ2n) is 6.55. The highest BCUT2D eigenvalue weighted by Crippen LogP contribution is 2.16. The van der Waals surface area contributed by atoms with Gasteiger partial charge in [-0.3, -0.25) is 4.90 Å². The van der Waals surface area contributed by atoms with Crippen LogP contribution in [-0.2, 0) is 13.1 Å². The SMILES string of the molecule is CCN(CC)Cc1cccc(CNC(=O)N2CCC(CO)CC2)c1. The van der Waals surface area contributed by atoms with Crippen LogP contribution < -0.4 is 5.32 Å². The highest BCUT2D eigenvalue weighted by atomic mass is 16.3. The van der Waals surface area contributed by atoms with E-state index in [1.807, 2.05) is 4.90 Å². The van der Waals surface area contributed by atoms with E-state index in [1.165, 1.54) is 5.56 Å². The number of nitrogens with one attached hydrogen (secondary N) is 1. The van der Waals surface area contributed by atoms with E-state index in [2.05, 4.69) is 48.3 Å². The monoisotopic (exact) mass is 333 g/mol. The quantitative estimate of drug-likeness (QED) is 0.806. The van der Waals surface area contributed by atoms with E-state index < -0.39 is 0 Å². The van der Waals surface area contributed by atoms with Crippen LogP contribution >= 0.6 is 0 Å². The zero-order valence-electron chi connectivity index (χ0n) is 15.0. The Morgan fingerprint density at radius 2 is 1.92 bits per heavy atom. The largest absolute Gasteiger partial charge is 0.396 e. The Labute approximate surface area is 145 Å². The lowest BCUT2D eigenvalue weighted by Gasteiger charge is -2.31. The summed E-state index contributed by atoms with van der Waals surface area (Å²) in [6, 6.07) is 8.44. The summed E-state index contributed by atoms with van der Waals surface area (Å²) in [6.07, 6.45) is 1.78. The van der Waals surface area contributed by atoms with Crippen LogP contribution in [0.2, 0.25) is 0 Å². The van der Waals surface area contributed by atoms with Gasteiger partial charge in [0.15, 0.2) is 0 Å². The zero-order valence-corrected chi connectivity index (χ0v) is 15.0. The normalized spacial score (nSPS) is 15.8. The van der Waals surface area contributed by atoms with Crippen molar-refractivity contribution < 1.29 is 9.90 Å². The van der Waals surface area contributed by atoms with Gasteiger partial charge in [-0.25, -0.2) is 4.79 Å². The van der Waals surface area contributed by atoms with Gasteiger partial charge in [-0.15, -0.1) is 0 Å². The second-order valence-corrected chi connectivity index (χ2v) is 6.55. The number of carbonyl (C=O) groups is 1. The van der Waals surface area contributed by atoms with Gasteiger partial charge >= 0.3 is 6.03 Å². The number of nitrogens with zero attached hydrogens (tertiary/aromatic N) is 2. The van der Waals surface area contributed by atoms with Crippen molar-refractivity contribution in [3.63, 3.8) is 0 Å². The summed E-state index contributed by atoms with van der Waals surface area (Å²) in [7, 11) is 0. The predicted octanol–water partition coefficient (Wildman–Crippen LogP) is 2.44. The maximum Gasteiger partial charge on any atom is 0.317 e. The molecule has 134 valence electrons. The molecule has 0 aromatic heterocycles. The number of piperidine rings is 1. The summed E-state index contributed by atoms with van der Waals surface area (Å²) < 4.78 is 0. The maximum atomic E-state index is 12.3. The summed E-state index contributed by atoms with van der Waals surface area (Å²) in [4.78, 5) is 16.5. The van der Waals surface area contributed by atoms with Crippen LogP contribution in [0.4, 0.5) is 4.79 Å². The van der Waals surface area contributed by atoms with Crippen molar-refractivity contribution in [2.24, 2.45) is 5.92 Å². The molecule has 5 heteroatoms. The molecular weight excluding hydrogens is 302 g/mol. The van der Waals surface area contributed by atoms with Crippen molar-refractivity contribution in [3.05, 3.63) is 35.4 Å². The Kier molecular flexibility index (Phi) is 7.53. The molecule has 1 fully saturated rings. The fraction of sp³-hybridized carbons (Fsp3) is 0.632. The minimum absolute atomic E-state index is 0.000496.